The van der Waals surface area contributed by atoms with E-state index in [9.17, 15) is 5.11 Å². The minimum Gasteiger partial charge on any atom is -0.395 e. The number of hydrogen-bond donors (Lipinski definition) is 2. The normalized spacial score (nSPS) is 30.9. The van der Waals surface area contributed by atoms with Crippen LogP contribution in [-0.2, 0) is 0 Å². The van der Waals surface area contributed by atoms with Crippen LogP contribution in [0.25, 0.3) is 0 Å². The smallest absolute Gasteiger partial charge is 0.0601 e. The number of aliphatic hydroxyl groups excluding tert-OH is 1. The van der Waals surface area contributed by atoms with Gasteiger partial charge in [0.05, 0.1) is 6.61 Å². The van der Waals surface area contributed by atoms with Gasteiger partial charge in [-0.2, -0.15) is 0 Å². The van der Waals surface area contributed by atoms with Crippen molar-refractivity contribution in [2.75, 3.05) is 19.7 Å². The van der Waals surface area contributed by atoms with E-state index in [0.717, 1.165) is 31.3 Å². The van der Waals surface area contributed by atoms with Crippen LogP contribution in [0.3, 0.4) is 0 Å². The summed E-state index contributed by atoms with van der Waals surface area (Å²) in [4.78, 5) is 2.38. The van der Waals surface area contributed by atoms with E-state index in [1.807, 2.05) is 0 Å². The predicted molar refractivity (Wildman–Crippen MR) is 68.2 cm³/mol. The fourth-order valence-electron chi connectivity index (χ4n) is 2.67. The number of nitrogens with two attached hydrogens (primary N) is 1. The molecule has 1 aliphatic rings. The lowest BCUT2D eigenvalue weighted by Gasteiger charge is -2.32. The van der Waals surface area contributed by atoms with Crippen LogP contribution in [0.2, 0.25) is 0 Å². The zero-order valence-electron chi connectivity index (χ0n) is 11.2. The molecule has 0 aromatic carbocycles. The van der Waals surface area contributed by atoms with E-state index in [1.165, 1.54) is 0 Å². The average Bonchev–Trinajstić information content (AvgIpc) is 2.46. The van der Waals surface area contributed by atoms with Gasteiger partial charge in [-0.15, -0.1) is 0 Å². The summed E-state index contributed by atoms with van der Waals surface area (Å²) in [6.45, 7) is 11.3. The summed E-state index contributed by atoms with van der Waals surface area (Å²) in [7, 11) is 0. The van der Waals surface area contributed by atoms with Gasteiger partial charge >= 0.3 is 0 Å². The number of nitrogens with zero attached hydrogens (tertiary/aromatic N) is 1. The summed E-state index contributed by atoms with van der Waals surface area (Å²) < 4.78 is 0. The second-order valence-electron chi connectivity index (χ2n) is 5.95. The van der Waals surface area contributed by atoms with E-state index in [1.54, 1.807) is 0 Å². The fourth-order valence-corrected chi connectivity index (χ4v) is 2.67. The van der Waals surface area contributed by atoms with Crippen LogP contribution in [0, 0.1) is 17.8 Å². The van der Waals surface area contributed by atoms with Gasteiger partial charge in [0.1, 0.15) is 0 Å². The molecule has 0 aromatic rings. The van der Waals surface area contributed by atoms with Crippen LogP contribution in [-0.4, -0.2) is 41.8 Å². The van der Waals surface area contributed by atoms with Crippen LogP contribution in [0.4, 0.5) is 0 Å². The van der Waals surface area contributed by atoms with Gasteiger partial charge in [-0.3, -0.25) is 4.90 Å². The molecule has 16 heavy (non-hydrogen) atoms. The highest BCUT2D eigenvalue weighted by Crippen LogP contribution is 2.25. The maximum Gasteiger partial charge on any atom is 0.0601 e. The highest BCUT2D eigenvalue weighted by molar-refractivity contribution is 4.89. The Hall–Kier alpha value is -0.120. The summed E-state index contributed by atoms with van der Waals surface area (Å²) in [5.74, 6) is 2.04. The Labute approximate surface area is 100 Å². The molecule has 1 saturated heterocycles. The molecule has 0 aromatic heterocycles. The van der Waals surface area contributed by atoms with Gasteiger partial charge in [-0.25, -0.2) is 0 Å². The maximum atomic E-state index is 9.52. The first-order valence-corrected chi connectivity index (χ1v) is 6.56. The highest BCUT2D eigenvalue weighted by atomic mass is 16.3. The third-order valence-electron chi connectivity index (χ3n) is 3.91. The Morgan fingerprint density at radius 3 is 2.12 bits per heavy atom. The van der Waals surface area contributed by atoms with E-state index in [2.05, 4.69) is 32.6 Å². The van der Waals surface area contributed by atoms with Crippen LogP contribution in [0.5, 0.6) is 0 Å². The van der Waals surface area contributed by atoms with Crippen LogP contribution < -0.4 is 5.73 Å². The van der Waals surface area contributed by atoms with Crippen molar-refractivity contribution in [2.45, 2.75) is 46.2 Å². The summed E-state index contributed by atoms with van der Waals surface area (Å²) in [5, 5.41) is 9.52. The Morgan fingerprint density at radius 2 is 1.75 bits per heavy atom. The van der Waals surface area contributed by atoms with Crippen LogP contribution >= 0.6 is 0 Å². The molecular formula is C13H28N2O. The maximum absolute atomic E-state index is 9.52. The largest absolute Gasteiger partial charge is 0.395 e. The molecule has 3 nitrogen and oxygen atoms in total. The lowest BCUT2D eigenvalue weighted by Crippen LogP contribution is -2.49. The Kier molecular flexibility index (Phi) is 5.22. The highest BCUT2D eigenvalue weighted by Gasteiger charge is 2.33. The molecule has 0 aliphatic carbocycles. The molecule has 1 heterocycles. The van der Waals surface area contributed by atoms with Gasteiger partial charge in [-0.1, -0.05) is 27.7 Å². The standard InChI is InChI=1S/C13H28N2O/c1-9(2)5-12(14)13(8-16)15-6-10(3)11(4)7-15/h9-13,16H,5-8,14H2,1-4H3. The predicted octanol–water partition coefficient (Wildman–Crippen LogP) is 1.31. The second-order valence-corrected chi connectivity index (χ2v) is 5.95. The Morgan fingerprint density at radius 1 is 1.25 bits per heavy atom. The van der Waals surface area contributed by atoms with Gasteiger partial charge < -0.3 is 10.8 Å². The van der Waals surface area contributed by atoms with Crippen molar-refractivity contribution in [2.24, 2.45) is 23.5 Å². The summed E-state index contributed by atoms with van der Waals surface area (Å²) >= 11 is 0. The first-order chi connectivity index (χ1) is 7.45. The molecule has 1 fully saturated rings. The zero-order chi connectivity index (χ0) is 12.3. The van der Waals surface area contributed by atoms with Crippen molar-refractivity contribution >= 4 is 0 Å². The van der Waals surface area contributed by atoms with Crippen molar-refractivity contribution in [1.82, 2.24) is 4.90 Å². The van der Waals surface area contributed by atoms with E-state index < -0.39 is 0 Å². The summed E-state index contributed by atoms with van der Waals surface area (Å²) in [6.07, 6.45) is 0.991. The van der Waals surface area contributed by atoms with Gasteiger partial charge in [0.2, 0.25) is 0 Å². The van der Waals surface area contributed by atoms with Gasteiger partial charge in [0, 0.05) is 25.2 Å². The third-order valence-corrected chi connectivity index (χ3v) is 3.91. The molecular weight excluding hydrogens is 200 g/mol. The molecule has 0 saturated carbocycles. The molecule has 0 amide bonds. The number of likely N-dealkylation sites (tertiary alicyclic amines) is 1. The number of aliphatic hydroxyl groups is 1. The first-order valence-electron chi connectivity index (χ1n) is 6.56. The molecule has 0 radical (unpaired) electrons. The molecule has 0 spiro atoms. The number of hydrogen-bond acceptors (Lipinski definition) is 3. The molecule has 3 heteroatoms. The topological polar surface area (TPSA) is 49.5 Å². The molecule has 96 valence electrons. The minimum absolute atomic E-state index is 0.0995. The molecule has 3 N–H and O–H groups in total. The van der Waals surface area contributed by atoms with E-state index in [4.69, 9.17) is 5.73 Å². The van der Waals surface area contributed by atoms with Crippen molar-refractivity contribution in [3.8, 4) is 0 Å². The SMILES string of the molecule is CC(C)CC(N)C(CO)N1CC(C)C(C)C1. The molecule has 4 unspecified atom stereocenters. The first kappa shape index (κ1) is 13.9. The third kappa shape index (κ3) is 3.44. The molecule has 4 atom stereocenters. The summed E-state index contributed by atoms with van der Waals surface area (Å²) in [5.41, 5.74) is 6.20. The van der Waals surface area contributed by atoms with Gasteiger partial charge in [-0.05, 0) is 24.2 Å². The van der Waals surface area contributed by atoms with Gasteiger partial charge in [0.15, 0.2) is 0 Å². The van der Waals surface area contributed by atoms with Crippen molar-refractivity contribution in [3.05, 3.63) is 0 Å². The van der Waals surface area contributed by atoms with Crippen molar-refractivity contribution in [3.63, 3.8) is 0 Å². The van der Waals surface area contributed by atoms with Crippen molar-refractivity contribution < 1.29 is 5.11 Å². The minimum atomic E-state index is 0.0995. The van der Waals surface area contributed by atoms with Crippen LogP contribution in [0.15, 0.2) is 0 Å². The second kappa shape index (κ2) is 5.99. The van der Waals surface area contributed by atoms with E-state index >= 15 is 0 Å². The van der Waals surface area contributed by atoms with E-state index in [0.29, 0.717) is 5.92 Å². The Bertz CT molecular complexity index is 198. The fraction of sp³-hybridized carbons (Fsp3) is 1.00. The monoisotopic (exact) mass is 228 g/mol. The summed E-state index contributed by atoms with van der Waals surface area (Å²) in [6, 6.07) is 0.247. The lowest BCUT2D eigenvalue weighted by atomic mass is 9.98. The van der Waals surface area contributed by atoms with Crippen molar-refractivity contribution in [1.29, 1.82) is 0 Å². The molecule has 1 aliphatic heterocycles. The quantitative estimate of drug-likeness (QED) is 0.746. The van der Waals surface area contributed by atoms with Gasteiger partial charge in [0.25, 0.3) is 0 Å². The Balaban J connectivity index is 2.54. The van der Waals surface area contributed by atoms with E-state index in [-0.39, 0.29) is 18.7 Å². The molecule has 1 rings (SSSR count). The zero-order valence-corrected chi connectivity index (χ0v) is 11.2. The molecule has 0 bridgehead atoms. The van der Waals surface area contributed by atoms with Crippen LogP contribution in [0.1, 0.15) is 34.1 Å². The number of rotatable bonds is 5. The average molecular weight is 228 g/mol. The lowest BCUT2D eigenvalue weighted by molar-refractivity contribution is 0.114.